The molecular weight excluding hydrogens is 320 g/mol. The molecule has 1 amide bonds. The number of H-pyrrole nitrogens is 1. The van der Waals surface area contributed by atoms with Crippen LogP contribution < -0.4 is 5.32 Å². The van der Waals surface area contributed by atoms with Crippen LogP contribution in [0.25, 0.3) is 0 Å². The van der Waals surface area contributed by atoms with Gasteiger partial charge in [-0.15, -0.1) is 0 Å². The number of aromatic amines is 1. The predicted molar refractivity (Wildman–Crippen MR) is 95.0 cm³/mol. The summed E-state index contributed by atoms with van der Waals surface area (Å²) >= 11 is 0. The molecule has 1 atom stereocenters. The Bertz CT molecular complexity index is 813. The number of hydrogen-bond acceptors (Lipinski definition) is 4. The van der Waals surface area contributed by atoms with E-state index in [0.29, 0.717) is 5.56 Å². The van der Waals surface area contributed by atoms with Gasteiger partial charge >= 0.3 is 5.97 Å². The van der Waals surface area contributed by atoms with Crippen molar-refractivity contribution in [2.45, 2.75) is 40.7 Å². The quantitative estimate of drug-likeness (QED) is 0.644. The van der Waals surface area contributed by atoms with Crippen molar-refractivity contribution in [3.63, 3.8) is 0 Å². The van der Waals surface area contributed by atoms with Gasteiger partial charge in [-0.2, -0.15) is 0 Å². The van der Waals surface area contributed by atoms with Gasteiger partial charge in [-0.25, -0.2) is 4.79 Å². The number of benzene rings is 1. The third-order valence-corrected chi connectivity index (χ3v) is 3.89. The molecule has 0 aliphatic carbocycles. The maximum absolute atomic E-state index is 12.3. The average molecular weight is 342 g/mol. The summed E-state index contributed by atoms with van der Waals surface area (Å²) in [5, 5.41) is 2.81. The number of ketones is 1. The molecule has 132 valence electrons. The normalized spacial score (nSPS) is 11.7. The number of ether oxygens (including phenoxy) is 1. The van der Waals surface area contributed by atoms with Crippen LogP contribution in [0.1, 0.15) is 51.4 Å². The predicted octanol–water partition coefficient (Wildman–Crippen LogP) is 3.33. The lowest BCUT2D eigenvalue weighted by Gasteiger charge is -2.16. The SMILES string of the molecule is CC(=O)c1c[nH]c(C(=O)O[C@H](C)C(=O)Nc2c(C)cc(C)cc2C)c1. The molecule has 6 nitrogen and oxygen atoms in total. The Kier molecular flexibility index (Phi) is 5.41. The summed E-state index contributed by atoms with van der Waals surface area (Å²) < 4.78 is 5.17. The molecule has 1 aromatic heterocycles. The number of nitrogens with one attached hydrogen (secondary N) is 2. The number of carbonyl (C=O) groups excluding carboxylic acids is 3. The van der Waals surface area contributed by atoms with Gasteiger partial charge in [-0.1, -0.05) is 17.7 Å². The summed E-state index contributed by atoms with van der Waals surface area (Å²) in [6.07, 6.45) is 0.458. The minimum absolute atomic E-state index is 0.132. The van der Waals surface area contributed by atoms with E-state index < -0.39 is 18.0 Å². The molecule has 0 saturated carbocycles. The highest BCUT2D eigenvalue weighted by molar-refractivity contribution is 5.99. The first-order valence-corrected chi connectivity index (χ1v) is 7.98. The van der Waals surface area contributed by atoms with Gasteiger partial charge in [0.15, 0.2) is 11.9 Å². The summed E-state index contributed by atoms with van der Waals surface area (Å²) in [6.45, 7) is 8.71. The highest BCUT2D eigenvalue weighted by atomic mass is 16.5. The lowest BCUT2D eigenvalue weighted by Crippen LogP contribution is -2.30. The van der Waals surface area contributed by atoms with Crippen LogP contribution >= 0.6 is 0 Å². The topological polar surface area (TPSA) is 88.3 Å². The maximum Gasteiger partial charge on any atom is 0.355 e. The summed E-state index contributed by atoms with van der Waals surface area (Å²) in [7, 11) is 0. The molecule has 0 radical (unpaired) electrons. The molecule has 6 heteroatoms. The van der Waals surface area contributed by atoms with E-state index in [1.165, 1.54) is 26.1 Å². The standard InChI is InChI=1S/C19H22N2O4/c1-10-6-11(2)17(12(3)7-10)21-18(23)14(5)25-19(24)16-8-15(9-20-16)13(4)22/h6-9,14,20H,1-5H3,(H,21,23)/t14-/m1/s1. The van der Waals surface area contributed by atoms with Crippen LogP contribution in [0.15, 0.2) is 24.4 Å². The van der Waals surface area contributed by atoms with Gasteiger partial charge in [0.2, 0.25) is 0 Å². The van der Waals surface area contributed by atoms with Gasteiger partial charge in [0.25, 0.3) is 5.91 Å². The van der Waals surface area contributed by atoms with Crippen molar-refractivity contribution in [2.24, 2.45) is 0 Å². The average Bonchev–Trinajstić information content (AvgIpc) is 3.00. The van der Waals surface area contributed by atoms with E-state index in [-0.39, 0.29) is 11.5 Å². The lowest BCUT2D eigenvalue weighted by molar-refractivity contribution is -0.123. The van der Waals surface area contributed by atoms with Gasteiger partial charge in [-0.3, -0.25) is 9.59 Å². The Morgan fingerprint density at radius 3 is 2.20 bits per heavy atom. The van der Waals surface area contributed by atoms with E-state index in [1.807, 2.05) is 32.9 Å². The molecule has 2 rings (SSSR count). The second-order valence-electron chi connectivity index (χ2n) is 6.17. The molecule has 0 unspecified atom stereocenters. The van der Waals surface area contributed by atoms with Crippen LogP contribution in [0.2, 0.25) is 0 Å². The van der Waals surface area contributed by atoms with Crippen LogP contribution in [-0.4, -0.2) is 28.7 Å². The first kappa shape index (κ1) is 18.4. The Hall–Kier alpha value is -2.89. The summed E-state index contributed by atoms with van der Waals surface area (Å²) in [5.74, 6) is -1.26. The van der Waals surface area contributed by atoms with E-state index >= 15 is 0 Å². The number of rotatable bonds is 5. The molecule has 1 heterocycles. The third-order valence-electron chi connectivity index (χ3n) is 3.89. The van der Waals surface area contributed by atoms with E-state index in [9.17, 15) is 14.4 Å². The fourth-order valence-corrected chi connectivity index (χ4v) is 2.60. The fourth-order valence-electron chi connectivity index (χ4n) is 2.60. The van der Waals surface area contributed by atoms with Crippen molar-refractivity contribution < 1.29 is 19.1 Å². The van der Waals surface area contributed by atoms with E-state index in [2.05, 4.69) is 10.3 Å². The Morgan fingerprint density at radius 2 is 1.68 bits per heavy atom. The lowest BCUT2D eigenvalue weighted by atomic mass is 10.0. The highest BCUT2D eigenvalue weighted by Gasteiger charge is 2.21. The smallest absolute Gasteiger partial charge is 0.355 e. The second kappa shape index (κ2) is 7.34. The first-order chi connectivity index (χ1) is 11.7. The molecule has 1 aromatic carbocycles. The van der Waals surface area contributed by atoms with Gasteiger partial charge in [-0.05, 0) is 51.8 Å². The van der Waals surface area contributed by atoms with E-state index in [0.717, 1.165) is 22.4 Å². The van der Waals surface area contributed by atoms with E-state index in [4.69, 9.17) is 4.74 Å². The Morgan fingerprint density at radius 1 is 1.08 bits per heavy atom. The molecule has 25 heavy (non-hydrogen) atoms. The number of aromatic nitrogens is 1. The van der Waals surface area contributed by atoms with Crippen molar-refractivity contribution in [1.29, 1.82) is 0 Å². The molecular formula is C19H22N2O4. The number of carbonyl (C=O) groups is 3. The molecule has 0 aliphatic heterocycles. The van der Waals surface area contributed by atoms with Crippen LogP contribution in [-0.2, 0) is 9.53 Å². The van der Waals surface area contributed by atoms with Gasteiger partial charge in [0.1, 0.15) is 5.69 Å². The zero-order valence-corrected chi connectivity index (χ0v) is 15.0. The fraction of sp³-hybridized carbons (Fsp3) is 0.316. The minimum Gasteiger partial charge on any atom is -0.448 e. The largest absolute Gasteiger partial charge is 0.448 e. The first-order valence-electron chi connectivity index (χ1n) is 7.98. The molecule has 0 spiro atoms. The van der Waals surface area contributed by atoms with E-state index in [1.54, 1.807) is 0 Å². The Balaban J connectivity index is 2.05. The van der Waals surface area contributed by atoms with Crippen LogP contribution in [0.4, 0.5) is 5.69 Å². The van der Waals surface area contributed by atoms with Crippen LogP contribution in [0.5, 0.6) is 0 Å². The third kappa shape index (κ3) is 4.35. The summed E-state index contributed by atoms with van der Waals surface area (Å²) in [5.41, 5.74) is 4.24. The number of amides is 1. The monoisotopic (exact) mass is 342 g/mol. The van der Waals surface area contributed by atoms with Crippen molar-refractivity contribution >= 4 is 23.3 Å². The van der Waals surface area contributed by atoms with Gasteiger partial charge in [0, 0.05) is 17.4 Å². The number of Topliss-reactive ketones (excluding diaryl/α,β-unsaturated/α-hetero) is 1. The second-order valence-corrected chi connectivity index (χ2v) is 6.17. The number of aryl methyl sites for hydroxylation is 3. The zero-order valence-electron chi connectivity index (χ0n) is 15.0. The number of esters is 1. The molecule has 0 saturated heterocycles. The molecule has 0 aliphatic rings. The summed E-state index contributed by atoms with van der Waals surface area (Å²) in [6, 6.07) is 5.35. The Labute approximate surface area is 146 Å². The maximum atomic E-state index is 12.3. The van der Waals surface area contributed by atoms with Crippen molar-refractivity contribution in [3.05, 3.63) is 52.3 Å². The van der Waals surface area contributed by atoms with Crippen LogP contribution in [0, 0.1) is 20.8 Å². The molecule has 2 N–H and O–H groups in total. The van der Waals surface area contributed by atoms with Gasteiger partial charge in [0.05, 0.1) is 0 Å². The number of hydrogen-bond donors (Lipinski definition) is 2. The van der Waals surface area contributed by atoms with Crippen molar-refractivity contribution in [2.75, 3.05) is 5.32 Å². The van der Waals surface area contributed by atoms with Gasteiger partial charge < -0.3 is 15.0 Å². The molecule has 2 aromatic rings. The number of anilines is 1. The zero-order chi connectivity index (χ0) is 18.7. The highest BCUT2D eigenvalue weighted by Crippen LogP contribution is 2.22. The summed E-state index contributed by atoms with van der Waals surface area (Å²) in [4.78, 5) is 38.4. The molecule has 0 bridgehead atoms. The molecule has 0 fully saturated rings. The minimum atomic E-state index is -0.975. The van der Waals surface area contributed by atoms with Crippen LogP contribution in [0.3, 0.4) is 0 Å². The van der Waals surface area contributed by atoms with Crippen molar-refractivity contribution in [3.8, 4) is 0 Å². The van der Waals surface area contributed by atoms with Crippen molar-refractivity contribution in [1.82, 2.24) is 4.98 Å².